The fourth-order valence-electron chi connectivity index (χ4n) is 7.41. The summed E-state index contributed by atoms with van der Waals surface area (Å²) in [7, 11) is 0. The normalized spacial score (nSPS) is 14.1. The van der Waals surface area contributed by atoms with Gasteiger partial charge in [-0.3, -0.25) is 9.97 Å². The third-order valence-corrected chi connectivity index (χ3v) is 10.4. The number of pyridine rings is 2. The second-order valence-corrected chi connectivity index (χ2v) is 15.6. The first-order valence-corrected chi connectivity index (χ1v) is 19.9. The highest BCUT2D eigenvalue weighted by molar-refractivity contribution is 6.92. The number of carbonyl (C=O) groups is 1. The van der Waals surface area contributed by atoms with Gasteiger partial charge in [0.2, 0.25) is 0 Å². The number of rotatable bonds is 6. The molecule has 0 radical (unpaired) electrons. The summed E-state index contributed by atoms with van der Waals surface area (Å²) in [6.07, 6.45) is 14.1. The standard InChI is InChI=1S/C26H27N5O2.C21H19N5.H2O.H2P/c1-26(2,3)33-25(32)31-13-9-19(10-14-31)23-22(21-6-4-5-18(15-21)16-27)17-29-24(30-23)20-7-11-28-12-8-20;22-13-15-2-1-3-18(12-15)19-14-25-21(17-6-10-24-11-7-17)26-20(19)16-4-8-23-9-5-16;;/h4-8,11-12,15,17,19H,9-10,13-14H2,1-3H3;1-3,6-7,10-12,14,16,23H,4-5,8-9H2;2*1H2/q;;;-1/p-1. The lowest BCUT2D eigenvalue weighted by molar-refractivity contribution is 0.0204. The van der Waals surface area contributed by atoms with Crippen molar-refractivity contribution in [3.8, 4) is 57.2 Å². The van der Waals surface area contributed by atoms with Gasteiger partial charge in [-0.1, -0.05) is 24.3 Å². The van der Waals surface area contributed by atoms with Crippen LogP contribution in [0.3, 0.4) is 0 Å². The number of carbonyl (C=O) groups excluding carboxylic acids is 1. The van der Waals surface area contributed by atoms with Crippen molar-refractivity contribution in [1.82, 2.24) is 40.1 Å². The summed E-state index contributed by atoms with van der Waals surface area (Å²) < 4.78 is 5.54. The Kier molecular flexibility index (Phi) is 15.8. The summed E-state index contributed by atoms with van der Waals surface area (Å²) >= 11 is 0. The maximum absolute atomic E-state index is 12.5. The van der Waals surface area contributed by atoms with E-state index in [0.717, 1.165) is 89.4 Å². The van der Waals surface area contributed by atoms with Crippen molar-refractivity contribution in [2.45, 2.75) is 63.9 Å². The molecule has 0 spiro atoms. The van der Waals surface area contributed by atoms with E-state index in [0.29, 0.717) is 36.0 Å². The zero-order valence-corrected chi connectivity index (χ0v) is 35.7. The Labute approximate surface area is 360 Å². The second kappa shape index (κ2) is 21.1. The van der Waals surface area contributed by atoms with Crippen LogP contribution in [0.1, 0.15) is 80.8 Å². The Balaban J connectivity index is 0.000000229. The minimum atomic E-state index is -0.515. The van der Waals surface area contributed by atoms with E-state index < -0.39 is 5.60 Å². The number of amides is 1. The highest BCUT2D eigenvalue weighted by Gasteiger charge is 2.30. The molecule has 2 aliphatic rings. The number of hydrogen-bond acceptors (Lipinski definition) is 12. The minimum absolute atomic E-state index is 0. The minimum Gasteiger partial charge on any atom is -0.870 e. The topological polar surface area (TPSA) is 196 Å². The SMILES string of the molecule is CC(C)(C)OC(=O)N1CCC(c2nc(-c3ccncc3)ncc2-c2cccc(C#N)c2)CC1.N#Cc1cccc(-c2cnc(-c3ccncc3)nc2C2CCNCC2)c1.[OH-].[PH2-]. The van der Waals surface area contributed by atoms with Crippen molar-refractivity contribution in [1.29, 1.82) is 10.5 Å². The number of nitrogens with one attached hydrogen (secondary N) is 1. The number of aromatic nitrogens is 6. The molecule has 2 aliphatic heterocycles. The lowest BCUT2D eigenvalue weighted by Gasteiger charge is -2.33. The Morgan fingerprint density at radius 2 is 1.13 bits per heavy atom. The van der Waals surface area contributed by atoms with Crippen LogP contribution in [-0.2, 0) is 4.74 Å². The lowest BCUT2D eigenvalue weighted by atomic mass is 9.88. The van der Waals surface area contributed by atoms with Gasteiger partial charge in [-0.05, 0) is 119 Å². The van der Waals surface area contributed by atoms with Crippen molar-refractivity contribution in [2.24, 2.45) is 0 Å². The number of benzene rings is 2. The van der Waals surface area contributed by atoms with E-state index in [2.05, 4.69) is 37.4 Å². The molecule has 312 valence electrons. The van der Waals surface area contributed by atoms with E-state index in [4.69, 9.17) is 14.7 Å². The Bertz CT molecular complexity index is 2470. The van der Waals surface area contributed by atoms with E-state index in [1.807, 2.05) is 99.9 Å². The summed E-state index contributed by atoms with van der Waals surface area (Å²) in [6.45, 7) is 8.83. The molecule has 14 heteroatoms. The van der Waals surface area contributed by atoms with Gasteiger partial charge in [0.25, 0.3) is 0 Å². The van der Waals surface area contributed by atoms with Crippen molar-refractivity contribution in [2.75, 3.05) is 26.2 Å². The van der Waals surface area contributed by atoms with Crippen LogP contribution in [-0.4, -0.2) is 78.2 Å². The van der Waals surface area contributed by atoms with Crippen LogP contribution in [0.15, 0.2) is 110 Å². The van der Waals surface area contributed by atoms with Gasteiger partial charge in [0.1, 0.15) is 5.60 Å². The molecule has 1 amide bonds. The maximum Gasteiger partial charge on any atom is 0.410 e. The fourth-order valence-corrected chi connectivity index (χ4v) is 7.41. The average Bonchev–Trinajstić information content (AvgIpc) is 3.29. The predicted molar refractivity (Wildman–Crippen MR) is 237 cm³/mol. The van der Waals surface area contributed by atoms with Crippen LogP contribution >= 0.6 is 9.90 Å². The van der Waals surface area contributed by atoms with Gasteiger partial charge < -0.3 is 30.3 Å². The van der Waals surface area contributed by atoms with Crippen LogP contribution in [0.5, 0.6) is 0 Å². The molecule has 2 aromatic carbocycles. The zero-order chi connectivity index (χ0) is 41.2. The van der Waals surface area contributed by atoms with Gasteiger partial charge in [-0.2, -0.15) is 10.5 Å². The van der Waals surface area contributed by atoms with Crippen molar-refractivity contribution in [3.63, 3.8) is 0 Å². The molecule has 2 fully saturated rings. The molecule has 2 saturated heterocycles. The first-order chi connectivity index (χ1) is 28.7. The number of piperidine rings is 2. The fraction of sp³-hybridized carbons (Fsp3) is 0.298. The third kappa shape index (κ3) is 11.6. The summed E-state index contributed by atoms with van der Waals surface area (Å²) in [6, 6.07) is 27.2. The average molecular weight is 833 g/mol. The van der Waals surface area contributed by atoms with Gasteiger partial charge in [0.15, 0.2) is 11.6 Å². The van der Waals surface area contributed by atoms with Gasteiger partial charge in [0.05, 0.1) is 34.7 Å². The molecule has 2 N–H and O–H groups in total. The van der Waals surface area contributed by atoms with Crippen molar-refractivity contribution in [3.05, 3.63) is 132 Å². The first kappa shape index (κ1) is 45.6. The Morgan fingerprint density at radius 1 is 0.689 bits per heavy atom. The molecule has 0 unspecified atom stereocenters. The van der Waals surface area contributed by atoms with E-state index in [1.54, 1.807) is 35.8 Å². The molecule has 6 aromatic rings. The number of hydrogen-bond donors (Lipinski definition) is 1. The Morgan fingerprint density at radius 3 is 1.56 bits per heavy atom. The quantitative estimate of drug-likeness (QED) is 0.157. The molecule has 6 heterocycles. The number of nitrogens with zero attached hydrogens (tertiary/aromatic N) is 9. The van der Waals surface area contributed by atoms with Crippen molar-refractivity contribution >= 4 is 16.0 Å². The molecule has 4 aromatic heterocycles. The summed E-state index contributed by atoms with van der Waals surface area (Å²) in [4.78, 5) is 41.6. The smallest absolute Gasteiger partial charge is 0.410 e. The summed E-state index contributed by atoms with van der Waals surface area (Å²) in [5.74, 6) is 1.91. The predicted octanol–water partition coefficient (Wildman–Crippen LogP) is 8.89. The second-order valence-electron chi connectivity index (χ2n) is 15.6. The van der Waals surface area contributed by atoms with E-state index in [9.17, 15) is 15.3 Å². The largest absolute Gasteiger partial charge is 0.870 e. The highest BCUT2D eigenvalue weighted by Crippen LogP contribution is 2.36. The zero-order valence-electron chi connectivity index (χ0n) is 34.6. The monoisotopic (exact) mass is 832 g/mol. The lowest BCUT2D eigenvalue weighted by Crippen LogP contribution is -2.41. The Hall–Kier alpha value is -6.50. The number of ether oxygens (including phenoxy) is 1. The number of nitriles is 2. The van der Waals surface area contributed by atoms with Crippen LogP contribution in [0.25, 0.3) is 45.0 Å². The highest BCUT2D eigenvalue weighted by atomic mass is 31.0. The van der Waals surface area contributed by atoms with Gasteiger partial charge in [-0.15, -0.1) is 0 Å². The van der Waals surface area contributed by atoms with E-state index in [-0.39, 0.29) is 27.4 Å². The molecule has 0 bridgehead atoms. The van der Waals surface area contributed by atoms with Crippen LogP contribution in [0.2, 0.25) is 0 Å². The molecule has 61 heavy (non-hydrogen) atoms. The maximum atomic E-state index is 12.5. The molecular weight excluding hydrogens is 784 g/mol. The van der Waals surface area contributed by atoms with Gasteiger partial charge in [-0.25, -0.2) is 24.7 Å². The van der Waals surface area contributed by atoms with Crippen LogP contribution in [0.4, 0.5) is 4.79 Å². The van der Waals surface area contributed by atoms with Gasteiger partial charge >= 0.3 is 6.09 Å². The molecule has 0 aliphatic carbocycles. The summed E-state index contributed by atoms with van der Waals surface area (Å²) in [5, 5.41) is 22.0. The summed E-state index contributed by atoms with van der Waals surface area (Å²) in [5.41, 5.74) is 8.46. The molecular formula is C47H49N10O3P-2. The van der Waals surface area contributed by atoms with E-state index in [1.165, 1.54) is 0 Å². The molecule has 0 atom stereocenters. The van der Waals surface area contributed by atoms with E-state index >= 15 is 0 Å². The van der Waals surface area contributed by atoms with Crippen molar-refractivity contribution < 1.29 is 15.0 Å². The first-order valence-electron chi connectivity index (χ1n) is 19.9. The molecule has 0 saturated carbocycles. The molecule has 13 nitrogen and oxygen atoms in total. The van der Waals surface area contributed by atoms with Gasteiger partial charge in [0, 0.05) is 84.4 Å². The van der Waals surface area contributed by atoms with Crippen LogP contribution in [0, 0.1) is 22.7 Å². The number of likely N-dealkylation sites (tertiary alicyclic amines) is 1. The third-order valence-electron chi connectivity index (χ3n) is 10.4. The molecule has 8 rings (SSSR count). The van der Waals surface area contributed by atoms with Crippen LogP contribution < -0.4 is 5.32 Å².